The lowest BCUT2D eigenvalue weighted by Crippen LogP contribution is -2.08. The molecule has 3 rings (SSSR count). The van der Waals surface area contributed by atoms with Crippen LogP contribution in [0.4, 0.5) is 5.82 Å². The molecule has 1 fully saturated rings. The molecule has 1 aromatic heterocycles. The molecule has 2 aromatic rings. The van der Waals surface area contributed by atoms with Gasteiger partial charge in [0, 0.05) is 12.6 Å². The molecule has 0 atom stereocenters. The molecular weight excluding hydrogens is 291 g/mol. The lowest BCUT2D eigenvalue weighted by molar-refractivity contribution is 0.420. The lowest BCUT2D eigenvalue weighted by atomic mass is 9.79. The Hall–Kier alpha value is -1.25. The fraction of sp³-hybridized carbons (Fsp3) is 0.312. The van der Waals surface area contributed by atoms with Crippen molar-refractivity contribution in [2.75, 3.05) is 12.4 Å². The van der Waals surface area contributed by atoms with Gasteiger partial charge in [-0.1, -0.05) is 47.8 Å². The molecule has 1 aliphatic rings. The molecule has 20 heavy (non-hydrogen) atoms. The Morgan fingerprint density at radius 1 is 1.15 bits per heavy atom. The van der Waals surface area contributed by atoms with Crippen molar-refractivity contribution in [1.82, 2.24) is 4.98 Å². The minimum atomic E-state index is 0.538. The van der Waals surface area contributed by atoms with Gasteiger partial charge in [-0.15, -0.1) is 0 Å². The van der Waals surface area contributed by atoms with Gasteiger partial charge in [0.2, 0.25) is 0 Å². The van der Waals surface area contributed by atoms with Crippen LogP contribution in [0.2, 0.25) is 10.0 Å². The van der Waals surface area contributed by atoms with Gasteiger partial charge in [-0.05, 0) is 36.5 Å². The van der Waals surface area contributed by atoms with Crippen LogP contribution in [0.15, 0.2) is 30.3 Å². The van der Waals surface area contributed by atoms with Crippen molar-refractivity contribution >= 4 is 29.0 Å². The molecule has 0 radical (unpaired) electrons. The molecule has 1 N–H and O–H groups in total. The van der Waals surface area contributed by atoms with Crippen molar-refractivity contribution < 1.29 is 0 Å². The molecule has 0 bridgehead atoms. The molecule has 0 aliphatic heterocycles. The van der Waals surface area contributed by atoms with E-state index in [1.807, 2.05) is 6.07 Å². The summed E-state index contributed by atoms with van der Waals surface area (Å²) in [6, 6.07) is 10.3. The molecular formula is C16H16Cl2N2. The van der Waals surface area contributed by atoms with Crippen LogP contribution < -0.4 is 5.32 Å². The number of hydrogen-bond acceptors (Lipinski definition) is 2. The summed E-state index contributed by atoms with van der Waals surface area (Å²) >= 11 is 12.4. The average molecular weight is 307 g/mol. The number of hydrogen-bond donors (Lipinski definition) is 1. The molecule has 2 nitrogen and oxygen atoms in total. The lowest BCUT2D eigenvalue weighted by Gasteiger charge is -2.26. The second-order valence-electron chi connectivity index (χ2n) is 5.15. The highest BCUT2D eigenvalue weighted by Gasteiger charge is 2.20. The zero-order valence-electron chi connectivity index (χ0n) is 11.3. The minimum Gasteiger partial charge on any atom is -0.372 e. The number of anilines is 1. The van der Waals surface area contributed by atoms with Crippen LogP contribution in [-0.4, -0.2) is 12.0 Å². The molecule has 1 aliphatic carbocycles. The van der Waals surface area contributed by atoms with Crippen molar-refractivity contribution in [3.05, 3.63) is 45.9 Å². The number of halogens is 2. The fourth-order valence-corrected chi connectivity index (χ4v) is 3.09. The summed E-state index contributed by atoms with van der Waals surface area (Å²) in [4.78, 5) is 4.53. The first-order valence-electron chi connectivity index (χ1n) is 6.83. The van der Waals surface area contributed by atoms with E-state index in [1.165, 1.54) is 24.8 Å². The summed E-state index contributed by atoms with van der Waals surface area (Å²) in [6.45, 7) is 0. The second kappa shape index (κ2) is 5.63. The molecule has 4 heteroatoms. The van der Waals surface area contributed by atoms with E-state index in [9.17, 15) is 0 Å². The maximum Gasteiger partial charge on any atom is 0.145 e. The van der Waals surface area contributed by atoms with E-state index >= 15 is 0 Å². The van der Waals surface area contributed by atoms with Crippen molar-refractivity contribution in [1.29, 1.82) is 0 Å². The zero-order valence-corrected chi connectivity index (χ0v) is 12.8. The second-order valence-corrected chi connectivity index (χ2v) is 5.97. The summed E-state index contributed by atoms with van der Waals surface area (Å²) in [5, 5.41) is 4.11. The highest BCUT2D eigenvalue weighted by Crippen LogP contribution is 2.39. The monoisotopic (exact) mass is 306 g/mol. The van der Waals surface area contributed by atoms with Gasteiger partial charge in [-0.2, -0.15) is 0 Å². The summed E-state index contributed by atoms with van der Waals surface area (Å²) in [5.41, 5.74) is 3.21. The van der Waals surface area contributed by atoms with Crippen molar-refractivity contribution in [3.8, 4) is 11.3 Å². The van der Waals surface area contributed by atoms with E-state index in [1.54, 1.807) is 13.1 Å². The average Bonchev–Trinajstić information content (AvgIpc) is 2.37. The Bertz CT molecular complexity index is 636. The van der Waals surface area contributed by atoms with Gasteiger partial charge in [0.15, 0.2) is 0 Å². The van der Waals surface area contributed by atoms with Gasteiger partial charge in [0.05, 0.1) is 15.7 Å². The Kier molecular flexibility index (Phi) is 3.86. The van der Waals surface area contributed by atoms with Crippen LogP contribution in [0.1, 0.15) is 30.7 Å². The maximum absolute atomic E-state index is 6.30. The first-order chi connectivity index (χ1) is 9.69. The molecule has 1 saturated carbocycles. The van der Waals surface area contributed by atoms with Crippen LogP contribution in [0.3, 0.4) is 0 Å². The number of benzene rings is 1. The fourth-order valence-electron chi connectivity index (χ4n) is 2.53. The van der Waals surface area contributed by atoms with Gasteiger partial charge < -0.3 is 5.32 Å². The number of aromatic nitrogens is 1. The van der Waals surface area contributed by atoms with E-state index in [4.69, 9.17) is 23.2 Å². The summed E-state index contributed by atoms with van der Waals surface area (Å²) in [7, 11) is 1.80. The summed E-state index contributed by atoms with van der Waals surface area (Å²) < 4.78 is 0. The Balaban J connectivity index is 2.03. The van der Waals surface area contributed by atoms with E-state index in [0.717, 1.165) is 11.3 Å². The van der Waals surface area contributed by atoms with E-state index < -0.39 is 0 Å². The summed E-state index contributed by atoms with van der Waals surface area (Å²) in [6.07, 6.45) is 3.90. The number of pyridine rings is 1. The van der Waals surface area contributed by atoms with E-state index in [2.05, 4.69) is 28.5 Å². The quantitative estimate of drug-likeness (QED) is 0.825. The molecule has 1 heterocycles. The maximum atomic E-state index is 6.30. The largest absolute Gasteiger partial charge is 0.372 e. The standard InChI is InChI=1S/C16H16Cl2N2/c1-19-16-14(18)9-13(17)15(20-16)12-7-3-6-11(8-12)10-4-2-5-10/h3,6-10H,2,4-5H2,1H3,(H,19,20). The molecule has 0 saturated heterocycles. The molecule has 0 unspecified atom stereocenters. The normalized spacial score (nSPS) is 14.9. The van der Waals surface area contributed by atoms with Gasteiger partial charge in [-0.25, -0.2) is 4.98 Å². The van der Waals surface area contributed by atoms with E-state index in [0.29, 0.717) is 21.8 Å². The minimum absolute atomic E-state index is 0.538. The highest BCUT2D eigenvalue weighted by atomic mass is 35.5. The predicted molar refractivity (Wildman–Crippen MR) is 85.8 cm³/mol. The topological polar surface area (TPSA) is 24.9 Å². The van der Waals surface area contributed by atoms with Crippen molar-refractivity contribution in [3.63, 3.8) is 0 Å². The number of nitrogens with one attached hydrogen (secondary N) is 1. The Morgan fingerprint density at radius 3 is 2.60 bits per heavy atom. The Morgan fingerprint density at radius 2 is 1.95 bits per heavy atom. The van der Waals surface area contributed by atoms with Crippen LogP contribution in [0, 0.1) is 0 Å². The molecule has 104 valence electrons. The highest BCUT2D eigenvalue weighted by molar-refractivity contribution is 6.37. The van der Waals surface area contributed by atoms with Gasteiger partial charge >= 0.3 is 0 Å². The first kappa shape index (κ1) is 13.7. The Labute approximate surface area is 129 Å². The predicted octanol–water partition coefficient (Wildman–Crippen LogP) is 5.36. The summed E-state index contributed by atoms with van der Waals surface area (Å²) in [5.74, 6) is 1.35. The third-order valence-electron chi connectivity index (χ3n) is 3.90. The molecule has 0 spiro atoms. The van der Waals surface area contributed by atoms with Gasteiger partial charge in [0.1, 0.15) is 5.82 Å². The van der Waals surface area contributed by atoms with Gasteiger partial charge in [-0.3, -0.25) is 0 Å². The van der Waals surface area contributed by atoms with Crippen LogP contribution >= 0.6 is 23.2 Å². The van der Waals surface area contributed by atoms with Crippen molar-refractivity contribution in [2.45, 2.75) is 25.2 Å². The van der Waals surface area contributed by atoms with Crippen LogP contribution in [-0.2, 0) is 0 Å². The number of nitrogens with zero attached hydrogens (tertiary/aromatic N) is 1. The van der Waals surface area contributed by atoms with Crippen LogP contribution in [0.5, 0.6) is 0 Å². The zero-order chi connectivity index (χ0) is 14.1. The van der Waals surface area contributed by atoms with Crippen LogP contribution in [0.25, 0.3) is 11.3 Å². The number of rotatable bonds is 3. The van der Waals surface area contributed by atoms with Gasteiger partial charge in [0.25, 0.3) is 0 Å². The van der Waals surface area contributed by atoms with Crippen molar-refractivity contribution in [2.24, 2.45) is 0 Å². The SMILES string of the molecule is CNc1nc(-c2cccc(C3CCC3)c2)c(Cl)cc1Cl. The molecule has 0 amide bonds. The third kappa shape index (κ3) is 2.50. The smallest absolute Gasteiger partial charge is 0.145 e. The van der Waals surface area contributed by atoms with E-state index in [-0.39, 0.29) is 0 Å². The molecule has 1 aromatic carbocycles. The first-order valence-corrected chi connectivity index (χ1v) is 7.58. The third-order valence-corrected chi connectivity index (χ3v) is 4.48.